The Morgan fingerprint density at radius 1 is 1.28 bits per heavy atom. The van der Waals surface area contributed by atoms with Gasteiger partial charge in [-0.05, 0) is 24.5 Å². The van der Waals surface area contributed by atoms with Gasteiger partial charge in [0, 0.05) is 37.5 Å². The van der Waals surface area contributed by atoms with E-state index in [1.807, 2.05) is 13.8 Å². The minimum absolute atomic E-state index is 0.0158. The summed E-state index contributed by atoms with van der Waals surface area (Å²) in [6, 6.07) is 6.24. The summed E-state index contributed by atoms with van der Waals surface area (Å²) in [5, 5.41) is 10.6. The third kappa shape index (κ3) is 5.21. The van der Waals surface area contributed by atoms with E-state index in [1.54, 1.807) is 19.2 Å². The van der Waals surface area contributed by atoms with Crippen LogP contribution in [0.1, 0.15) is 48.8 Å². The molecule has 2 aromatic rings. The first kappa shape index (κ1) is 21.0. The number of aryl methyl sites for hydroxylation is 2. The summed E-state index contributed by atoms with van der Waals surface area (Å²) in [5.74, 6) is 1.20. The fourth-order valence-corrected chi connectivity index (χ4v) is 3.38. The number of hydrogen-bond donors (Lipinski definition) is 2. The highest BCUT2D eigenvalue weighted by Crippen LogP contribution is 2.45. The molecule has 0 spiro atoms. The van der Waals surface area contributed by atoms with E-state index in [9.17, 15) is 13.2 Å². The molecular weight excluding hydrogens is 385 g/mol. The Morgan fingerprint density at radius 3 is 2.69 bits per heavy atom. The van der Waals surface area contributed by atoms with E-state index in [0.717, 1.165) is 29.9 Å². The van der Waals surface area contributed by atoms with Gasteiger partial charge in [-0.2, -0.15) is 0 Å². The number of aromatic nitrogens is 1. The Labute approximate surface area is 167 Å². The van der Waals surface area contributed by atoms with Crippen molar-refractivity contribution >= 4 is 5.96 Å². The van der Waals surface area contributed by atoms with Crippen molar-refractivity contribution < 1.29 is 22.4 Å². The van der Waals surface area contributed by atoms with Crippen molar-refractivity contribution in [3.63, 3.8) is 0 Å². The van der Waals surface area contributed by atoms with Crippen molar-refractivity contribution in [3.8, 4) is 5.75 Å². The third-order valence-corrected chi connectivity index (χ3v) is 4.92. The van der Waals surface area contributed by atoms with Crippen LogP contribution in [0.15, 0.2) is 33.8 Å². The van der Waals surface area contributed by atoms with Gasteiger partial charge in [0.2, 0.25) is 0 Å². The number of para-hydroxylation sites is 1. The van der Waals surface area contributed by atoms with Gasteiger partial charge < -0.3 is 19.9 Å². The maximum atomic E-state index is 12.6. The van der Waals surface area contributed by atoms with Crippen LogP contribution in [0.4, 0.5) is 13.2 Å². The molecule has 2 atom stereocenters. The summed E-state index contributed by atoms with van der Waals surface area (Å²) in [6.45, 7) is 4.54. The van der Waals surface area contributed by atoms with Crippen LogP contribution in [0.3, 0.4) is 0 Å². The summed E-state index contributed by atoms with van der Waals surface area (Å²) in [7, 11) is 1.66. The normalized spacial score (nSPS) is 19.2. The first-order valence-electron chi connectivity index (χ1n) is 9.64. The van der Waals surface area contributed by atoms with Crippen molar-refractivity contribution in [2.75, 3.05) is 7.05 Å². The Balaban J connectivity index is 1.61. The molecule has 2 N–H and O–H groups in total. The Bertz CT molecular complexity index is 842. The second kappa shape index (κ2) is 8.75. The third-order valence-electron chi connectivity index (χ3n) is 4.92. The smallest absolute Gasteiger partial charge is 0.405 e. The van der Waals surface area contributed by atoms with Gasteiger partial charge >= 0.3 is 6.36 Å². The Morgan fingerprint density at radius 2 is 2.03 bits per heavy atom. The van der Waals surface area contributed by atoms with E-state index in [1.165, 1.54) is 12.1 Å². The van der Waals surface area contributed by atoms with Crippen LogP contribution >= 0.6 is 0 Å². The number of alkyl halides is 3. The van der Waals surface area contributed by atoms with Crippen molar-refractivity contribution in [1.29, 1.82) is 0 Å². The highest BCUT2D eigenvalue weighted by molar-refractivity contribution is 5.80. The summed E-state index contributed by atoms with van der Waals surface area (Å²) in [5.41, 5.74) is 2.47. The zero-order valence-electron chi connectivity index (χ0n) is 16.6. The quantitative estimate of drug-likeness (QED) is 0.535. The number of hydrogen-bond acceptors (Lipinski definition) is 4. The molecular formula is C20H25F3N4O2. The molecule has 6 nitrogen and oxygen atoms in total. The lowest BCUT2D eigenvalue weighted by Gasteiger charge is -2.14. The molecule has 1 fully saturated rings. The van der Waals surface area contributed by atoms with Crippen LogP contribution in [-0.2, 0) is 19.4 Å². The fourth-order valence-electron chi connectivity index (χ4n) is 3.38. The van der Waals surface area contributed by atoms with Gasteiger partial charge in [0.1, 0.15) is 11.5 Å². The molecule has 1 aliphatic carbocycles. The first-order valence-corrected chi connectivity index (χ1v) is 9.64. The van der Waals surface area contributed by atoms with Crippen LogP contribution in [-0.4, -0.2) is 30.6 Å². The van der Waals surface area contributed by atoms with Gasteiger partial charge in [-0.1, -0.05) is 37.2 Å². The molecule has 2 unspecified atom stereocenters. The topological polar surface area (TPSA) is 71.7 Å². The van der Waals surface area contributed by atoms with Gasteiger partial charge in [0.05, 0.1) is 5.69 Å². The minimum atomic E-state index is -4.71. The molecule has 158 valence electrons. The van der Waals surface area contributed by atoms with Crippen LogP contribution in [0.2, 0.25) is 0 Å². The van der Waals surface area contributed by atoms with Crippen LogP contribution in [0.25, 0.3) is 0 Å². The number of guanidine groups is 1. The largest absolute Gasteiger partial charge is 0.573 e. The fraction of sp³-hybridized carbons (Fsp3) is 0.500. The molecule has 3 rings (SSSR count). The van der Waals surface area contributed by atoms with Crippen molar-refractivity contribution in [3.05, 3.63) is 46.8 Å². The number of nitrogens with one attached hydrogen (secondary N) is 2. The molecule has 1 saturated carbocycles. The SMILES string of the molecule is CCc1noc(CC)c1CNC(=NC)NC1CC1c1ccccc1OC(F)(F)F. The van der Waals surface area contributed by atoms with Gasteiger partial charge in [0.25, 0.3) is 0 Å². The second-order valence-corrected chi connectivity index (χ2v) is 6.84. The lowest BCUT2D eigenvalue weighted by Crippen LogP contribution is -2.38. The zero-order chi connectivity index (χ0) is 21.0. The highest BCUT2D eigenvalue weighted by atomic mass is 19.4. The van der Waals surface area contributed by atoms with E-state index in [2.05, 4.69) is 25.5 Å². The van der Waals surface area contributed by atoms with E-state index in [4.69, 9.17) is 4.52 Å². The van der Waals surface area contributed by atoms with E-state index < -0.39 is 6.36 Å². The molecule has 0 aliphatic heterocycles. The minimum Gasteiger partial charge on any atom is -0.405 e. The first-order chi connectivity index (χ1) is 13.9. The monoisotopic (exact) mass is 410 g/mol. The average Bonchev–Trinajstić information content (AvgIpc) is 3.32. The lowest BCUT2D eigenvalue weighted by molar-refractivity contribution is -0.274. The van der Waals surface area contributed by atoms with Crippen molar-refractivity contribution in [2.45, 2.75) is 58.0 Å². The van der Waals surface area contributed by atoms with Crippen molar-refractivity contribution in [2.24, 2.45) is 4.99 Å². The van der Waals surface area contributed by atoms with Crippen molar-refractivity contribution in [1.82, 2.24) is 15.8 Å². The Kier molecular flexibility index (Phi) is 6.34. The predicted molar refractivity (Wildman–Crippen MR) is 103 cm³/mol. The Hall–Kier alpha value is -2.71. The maximum absolute atomic E-state index is 12.6. The molecule has 9 heteroatoms. The maximum Gasteiger partial charge on any atom is 0.573 e. The highest BCUT2D eigenvalue weighted by Gasteiger charge is 2.42. The molecule has 1 aromatic carbocycles. The molecule has 0 radical (unpaired) electrons. The molecule has 0 bridgehead atoms. The zero-order valence-corrected chi connectivity index (χ0v) is 16.6. The number of ether oxygens (including phenoxy) is 1. The van der Waals surface area contributed by atoms with E-state index in [0.29, 0.717) is 24.5 Å². The van der Waals surface area contributed by atoms with Crippen LogP contribution < -0.4 is 15.4 Å². The van der Waals surface area contributed by atoms with Gasteiger partial charge in [-0.25, -0.2) is 0 Å². The standard InChI is InChI=1S/C20H25F3N4O2/c1-4-15-14(17(5-2)29-27-15)11-25-19(24-3)26-16-10-13(16)12-8-6-7-9-18(12)28-20(21,22)23/h6-9,13,16H,4-5,10-11H2,1-3H3,(H2,24,25,26). The number of rotatable bonds is 7. The number of aliphatic imine (C=N–C) groups is 1. The average molecular weight is 410 g/mol. The lowest BCUT2D eigenvalue weighted by atomic mass is 10.1. The molecule has 0 saturated heterocycles. The van der Waals surface area contributed by atoms with E-state index >= 15 is 0 Å². The van der Waals surface area contributed by atoms with Gasteiger partial charge in [0.15, 0.2) is 5.96 Å². The number of benzene rings is 1. The van der Waals surface area contributed by atoms with E-state index in [-0.39, 0.29) is 17.7 Å². The molecule has 1 aromatic heterocycles. The summed E-state index contributed by atoms with van der Waals surface area (Å²) < 4.78 is 47.5. The van der Waals surface area contributed by atoms with Gasteiger partial charge in [-0.15, -0.1) is 13.2 Å². The molecule has 1 aliphatic rings. The summed E-state index contributed by atoms with van der Waals surface area (Å²) >= 11 is 0. The number of halogens is 3. The van der Waals surface area contributed by atoms with Crippen LogP contribution in [0, 0.1) is 0 Å². The molecule has 29 heavy (non-hydrogen) atoms. The summed E-state index contributed by atoms with van der Waals surface area (Å²) in [4.78, 5) is 4.22. The summed E-state index contributed by atoms with van der Waals surface area (Å²) in [6.07, 6.45) is -2.49. The molecule has 1 heterocycles. The molecule has 0 amide bonds. The predicted octanol–water partition coefficient (Wildman–Crippen LogP) is 3.92. The number of nitrogens with zero attached hydrogens (tertiary/aromatic N) is 2. The van der Waals surface area contributed by atoms with Crippen LogP contribution in [0.5, 0.6) is 5.75 Å². The van der Waals surface area contributed by atoms with Gasteiger partial charge in [-0.3, -0.25) is 4.99 Å². The second-order valence-electron chi connectivity index (χ2n) is 6.84.